The van der Waals surface area contributed by atoms with E-state index in [0.717, 1.165) is 49.2 Å². The fourth-order valence-corrected chi connectivity index (χ4v) is 4.24. The Morgan fingerprint density at radius 2 is 2.07 bits per heavy atom. The lowest BCUT2D eigenvalue weighted by atomic mass is 10.2. The van der Waals surface area contributed by atoms with E-state index >= 15 is 0 Å². The van der Waals surface area contributed by atoms with Crippen LogP contribution in [0.2, 0.25) is 0 Å². The Bertz CT molecular complexity index is 963. The van der Waals surface area contributed by atoms with Gasteiger partial charge in [0.1, 0.15) is 5.69 Å². The summed E-state index contributed by atoms with van der Waals surface area (Å²) < 4.78 is 0. The molecule has 4 rings (SSSR count). The van der Waals surface area contributed by atoms with Crippen LogP contribution in [0.3, 0.4) is 0 Å². The summed E-state index contributed by atoms with van der Waals surface area (Å²) in [6.07, 6.45) is 5.41. The fourth-order valence-electron chi connectivity index (χ4n) is 3.38. The number of pyridine rings is 1. The Labute approximate surface area is 173 Å². The summed E-state index contributed by atoms with van der Waals surface area (Å²) in [5, 5.41) is 6.63. The number of aromatic nitrogens is 4. The van der Waals surface area contributed by atoms with Crippen molar-refractivity contribution in [2.75, 3.05) is 43.4 Å². The lowest BCUT2D eigenvalue weighted by Crippen LogP contribution is -2.46. The predicted molar refractivity (Wildman–Crippen MR) is 114 cm³/mol. The molecule has 0 aromatic carbocycles. The number of H-pyrrole nitrogens is 1. The summed E-state index contributed by atoms with van der Waals surface area (Å²) in [7, 11) is 1.62. The number of aromatic amines is 1. The van der Waals surface area contributed by atoms with E-state index in [4.69, 9.17) is 0 Å². The van der Waals surface area contributed by atoms with Crippen molar-refractivity contribution in [2.45, 2.75) is 13.5 Å². The van der Waals surface area contributed by atoms with E-state index in [-0.39, 0.29) is 5.91 Å². The van der Waals surface area contributed by atoms with Gasteiger partial charge in [0, 0.05) is 63.2 Å². The summed E-state index contributed by atoms with van der Waals surface area (Å²) in [6.45, 7) is 6.64. The lowest BCUT2D eigenvalue weighted by Gasteiger charge is -2.36. The molecule has 10 heteroatoms. The molecule has 1 amide bonds. The van der Waals surface area contributed by atoms with E-state index in [9.17, 15) is 4.79 Å². The number of aryl methyl sites for hydroxylation is 1. The predicted octanol–water partition coefficient (Wildman–Crippen LogP) is 2.00. The number of hydrogen-bond acceptors (Lipinski definition) is 8. The molecule has 1 aliphatic rings. The molecule has 152 valence electrons. The molecule has 1 aliphatic heterocycles. The highest BCUT2D eigenvalue weighted by Gasteiger charge is 2.20. The van der Waals surface area contributed by atoms with Crippen molar-refractivity contribution >= 4 is 34.0 Å². The molecule has 0 bridgehead atoms. The van der Waals surface area contributed by atoms with Gasteiger partial charge in [-0.15, -0.1) is 11.3 Å². The zero-order valence-electron chi connectivity index (χ0n) is 16.5. The maximum atomic E-state index is 11.8. The monoisotopic (exact) mass is 412 g/mol. The van der Waals surface area contributed by atoms with Gasteiger partial charge in [0.15, 0.2) is 5.13 Å². The van der Waals surface area contributed by atoms with Gasteiger partial charge in [-0.3, -0.25) is 9.69 Å². The van der Waals surface area contributed by atoms with Gasteiger partial charge in [-0.05, 0) is 19.1 Å². The molecule has 3 aromatic rings. The molecule has 0 aliphatic carbocycles. The number of carbonyl (C=O) groups is 1. The summed E-state index contributed by atoms with van der Waals surface area (Å²) in [4.78, 5) is 33.8. The Morgan fingerprint density at radius 1 is 1.24 bits per heavy atom. The van der Waals surface area contributed by atoms with Crippen LogP contribution in [-0.2, 0) is 6.54 Å². The van der Waals surface area contributed by atoms with Crippen molar-refractivity contribution in [3.63, 3.8) is 0 Å². The van der Waals surface area contributed by atoms with Gasteiger partial charge in [-0.25, -0.2) is 15.0 Å². The summed E-state index contributed by atoms with van der Waals surface area (Å²) >= 11 is 1.65. The number of piperazine rings is 1. The van der Waals surface area contributed by atoms with Gasteiger partial charge in [-0.2, -0.15) is 0 Å². The summed E-state index contributed by atoms with van der Waals surface area (Å²) in [6, 6.07) is 3.79. The highest BCUT2D eigenvalue weighted by Crippen LogP contribution is 2.24. The Hall–Kier alpha value is -2.98. The molecule has 0 radical (unpaired) electrons. The second-order valence-corrected chi connectivity index (χ2v) is 7.95. The van der Waals surface area contributed by atoms with Crippen LogP contribution in [0.15, 0.2) is 30.7 Å². The first-order chi connectivity index (χ1) is 14.1. The number of anilines is 3. The van der Waals surface area contributed by atoms with Crippen LogP contribution < -0.4 is 15.5 Å². The number of carbonyl (C=O) groups excluding carboxylic acids is 1. The SMILES string of the molecule is CNC(=O)c1ccc(N2CCN(Cc3cnc(Nc4ncc[nH]4)s3)CC2)c(C)n1. The molecule has 3 N–H and O–H groups in total. The fraction of sp³-hybridized carbons (Fsp3) is 0.368. The van der Waals surface area contributed by atoms with Gasteiger partial charge in [0.25, 0.3) is 5.91 Å². The van der Waals surface area contributed by atoms with E-state index in [1.165, 1.54) is 4.88 Å². The maximum absolute atomic E-state index is 11.8. The average molecular weight is 413 g/mol. The molecule has 0 unspecified atom stereocenters. The molecule has 29 heavy (non-hydrogen) atoms. The van der Waals surface area contributed by atoms with Gasteiger partial charge in [0.2, 0.25) is 5.95 Å². The Balaban J connectivity index is 1.32. The van der Waals surface area contributed by atoms with Crippen LogP contribution in [0.4, 0.5) is 16.8 Å². The van der Waals surface area contributed by atoms with Gasteiger partial charge >= 0.3 is 0 Å². The first-order valence-electron chi connectivity index (χ1n) is 9.50. The van der Waals surface area contributed by atoms with Crippen LogP contribution in [0.25, 0.3) is 0 Å². The van der Waals surface area contributed by atoms with Crippen molar-refractivity contribution in [3.8, 4) is 0 Å². The zero-order chi connectivity index (χ0) is 20.2. The zero-order valence-corrected chi connectivity index (χ0v) is 17.3. The minimum atomic E-state index is -0.157. The Morgan fingerprint density at radius 3 is 2.76 bits per heavy atom. The topological polar surface area (TPSA) is 102 Å². The normalized spacial score (nSPS) is 14.8. The minimum absolute atomic E-state index is 0.157. The van der Waals surface area contributed by atoms with Crippen LogP contribution >= 0.6 is 11.3 Å². The van der Waals surface area contributed by atoms with Gasteiger partial charge < -0.3 is 20.5 Å². The standard InChI is InChI=1S/C19H24N8OS/c1-13-16(4-3-15(24-13)17(28)20-2)27-9-7-26(8-10-27)12-14-11-23-19(29-14)25-18-21-5-6-22-18/h3-6,11H,7-10,12H2,1-2H3,(H,20,28)(H2,21,22,23,25). The molecular formula is C19H24N8OS. The van der Waals surface area contributed by atoms with Crippen molar-refractivity contribution in [2.24, 2.45) is 0 Å². The molecule has 9 nitrogen and oxygen atoms in total. The first kappa shape index (κ1) is 19.3. The quantitative estimate of drug-likeness (QED) is 0.569. The number of imidazole rings is 1. The molecule has 3 aromatic heterocycles. The van der Waals surface area contributed by atoms with Crippen LogP contribution in [0, 0.1) is 6.92 Å². The van der Waals surface area contributed by atoms with Crippen molar-refractivity contribution < 1.29 is 4.79 Å². The lowest BCUT2D eigenvalue weighted by molar-refractivity contribution is 0.0958. The highest BCUT2D eigenvalue weighted by molar-refractivity contribution is 7.15. The number of nitrogens with zero attached hydrogens (tertiary/aromatic N) is 5. The smallest absolute Gasteiger partial charge is 0.269 e. The molecule has 1 saturated heterocycles. The molecule has 0 atom stereocenters. The maximum Gasteiger partial charge on any atom is 0.269 e. The summed E-state index contributed by atoms with van der Waals surface area (Å²) in [5.74, 6) is 0.542. The number of amides is 1. The van der Waals surface area contributed by atoms with Crippen molar-refractivity contribution in [3.05, 3.63) is 47.0 Å². The van der Waals surface area contributed by atoms with Gasteiger partial charge in [-0.1, -0.05) is 0 Å². The number of hydrogen-bond donors (Lipinski definition) is 3. The molecular weight excluding hydrogens is 388 g/mol. The molecule has 1 fully saturated rings. The van der Waals surface area contributed by atoms with Gasteiger partial charge in [0.05, 0.1) is 11.4 Å². The van der Waals surface area contributed by atoms with E-state index in [0.29, 0.717) is 11.6 Å². The third-order valence-corrected chi connectivity index (χ3v) is 5.78. The minimum Gasteiger partial charge on any atom is -0.368 e. The second-order valence-electron chi connectivity index (χ2n) is 6.84. The molecule has 4 heterocycles. The number of nitrogens with one attached hydrogen (secondary N) is 3. The highest BCUT2D eigenvalue weighted by atomic mass is 32.1. The Kier molecular flexibility index (Phi) is 5.72. The third-order valence-electron chi connectivity index (χ3n) is 4.89. The largest absolute Gasteiger partial charge is 0.368 e. The molecule has 0 saturated carbocycles. The third kappa shape index (κ3) is 4.54. The number of rotatable bonds is 6. The van der Waals surface area contributed by atoms with E-state index in [1.807, 2.05) is 19.2 Å². The van der Waals surface area contributed by atoms with E-state index in [2.05, 4.69) is 40.4 Å². The first-order valence-corrected chi connectivity index (χ1v) is 10.3. The van der Waals surface area contributed by atoms with Crippen molar-refractivity contribution in [1.82, 2.24) is 30.2 Å². The second kappa shape index (κ2) is 8.58. The molecule has 0 spiro atoms. The average Bonchev–Trinajstić information content (AvgIpc) is 3.40. The van der Waals surface area contributed by atoms with E-state index < -0.39 is 0 Å². The van der Waals surface area contributed by atoms with Crippen LogP contribution in [-0.4, -0.2) is 64.0 Å². The van der Waals surface area contributed by atoms with Crippen LogP contribution in [0.5, 0.6) is 0 Å². The van der Waals surface area contributed by atoms with E-state index in [1.54, 1.807) is 36.8 Å². The summed E-state index contributed by atoms with van der Waals surface area (Å²) in [5.41, 5.74) is 2.44. The number of thiazole rings is 1. The van der Waals surface area contributed by atoms with Crippen LogP contribution in [0.1, 0.15) is 21.1 Å². The van der Waals surface area contributed by atoms with Crippen molar-refractivity contribution in [1.29, 1.82) is 0 Å².